The molecule has 0 aliphatic carbocycles. The third-order valence-electron chi connectivity index (χ3n) is 3.93. The normalized spacial score (nSPS) is 23.6. The quantitative estimate of drug-likeness (QED) is 0.834. The molecule has 0 aromatic rings. The summed E-state index contributed by atoms with van der Waals surface area (Å²) in [6.45, 7) is 11.7. The molecule has 1 aliphatic rings. The van der Waals surface area contributed by atoms with E-state index in [1.165, 1.54) is 6.26 Å². The molecule has 1 fully saturated rings. The van der Waals surface area contributed by atoms with Crippen molar-refractivity contribution in [2.45, 2.75) is 51.3 Å². The van der Waals surface area contributed by atoms with E-state index in [0.717, 1.165) is 32.5 Å². The molecule has 4 nitrogen and oxygen atoms in total. The second-order valence-corrected chi connectivity index (χ2v) is 9.55. The fraction of sp³-hybridized carbons (Fsp3) is 1.00. The van der Waals surface area contributed by atoms with E-state index in [0.29, 0.717) is 18.5 Å². The van der Waals surface area contributed by atoms with Crippen LogP contribution in [0.5, 0.6) is 0 Å². The molecule has 1 aliphatic heterocycles. The molecule has 114 valence electrons. The van der Waals surface area contributed by atoms with E-state index in [2.05, 4.69) is 24.1 Å². The summed E-state index contributed by atoms with van der Waals surface area (Å²) in [6, 6.07) is 0.484. The lowest BCUT2D eigenvalue weighted by molar-refractivity contribution is 0.237. The second-order valence-electron chi connectivity index (χ2n) is 6.90. The van der Waals surface area contributed by atoms with Crippen LogP contribution in [0.2, 0.25) is 0 Å². The molecule has 19 heavy (non-hydrogen) atoms. The van der Waals surface area contributed by atoms with E-state index in [4.69, 9.17) is 0 Å². The van der Waals surface area contributed by atoms with Crippen molar-refractivity contribution in [2.24, 2.45) is 5.92 Å². The first-order chi connectivity index (χ1) is 8.62. The monoisotopic (exact) mass is 290 g/mol. The van der Waals surface area contributed by atoms with Gasteiger partial charge in [-0.2, -0.15) is 0 Å². The fourth-order valence-electron chi connectivity index (χ4n) is 2.60. The van der Waals surface area contributed by atoms with Crippen molar-refractivity contribution < 1.29 is 8.42 Å². The highest BCUT2D eigenvalue weighted by Gasteiger charge is 2.33. The molecule has 0 bridgehead atoms. The van der Waals surface area contributed by atoms with Gasteiger partial charge < -0.3 is 10.2 Å². The molecule has 1 unspecified atom stereocenters. The highest BCUT2D eigenvalue weighted by molar-refractivity contribution is 7.92. The summed E-state index contributed by atoms with van der Waals surface area (Å²) in [4.78, 5) is 2.31. The lowest BCUT2D eigenvalue weighted by Crippen LogP contribution is -2.47. The zero-order valence-electron chi connectivity index (χ0n) is 13.1. The van der Waals surface area contributed by atoms with Crippen molar-refractivity contribution in [1.82, 2.24) is 10.2 Å². The van der Waals surface area contributed by atoms with Crippen molar-refractivity contribution in [2.75, 3.05) is 32.4 Å². The predicted molar refractivity (Wildman–Crippen MR) is 81.2 cm³/mol. The summed E-state index contributed by atoms with van der Waals surface area (Å²) in [7, 11) is -3.02. The topological polar surface area (TPSA) is 49.4 Å². The van der Waals surface area contributed by atoms with Gasteiger partial charge >= 0.3 is 0 Å². The second kappa shape index (κ2) is 6.55. The van der Waals surface area contributed by atoms with Crippen molar-refractivity contribution >= 4 is 9.84 Å². The van der Waals surface area contributed by atoms with Gasteiger partial charge in [-0.05, 0) is 45.7 Å². The van der Waals surface area contributed by atoms with Crippen molar-refractivity contribution in [1.29, 1.82) is 0 Å². The Kier molecular flexibility index (Phi) is 5.83. The minimum absolute atomic E-state index is 0.484. The molecule has 1 atom stereocenters. The van der Waals surface area contributed by atoms with E-state index in [1.807, 2.05) is 13.8 Å². The Morgan fingerprint density at radius 1 is 1.37 bits per heavy atom. The van der Waals surface area contributed by atoms with Gasteiger partial charge in [-0.1, -0.05) is 13.8 Å². The highest BCUT2D eigenvalue weighted by atomic mass is 32.2. The zero-order chi connectivity index (χ0) is 14.7. The fourth-order valence-corrected chi connectivity index (χ4v) is 3.02. The number of sulfone groups is 1. The maximum absolute atomic E-state index is 11.8. The summed E-state index contributed by atoms with van der Waals surface area (Å²) >= 11 is 0. The first-order valence-electron chi connectivity index (χ1n) is 7.27. The van der Waals surface area contributed by atoms with Crippen LogP contribution in [-0.4, -0.2) is 56.5 Å². The molecular formula is C14H30N2O2S. The van der Waals surface area contributed by atoms with Crippen LogP contribution < -0.4 is 5.32 Å². The van der Waals surface area contributed by atoms with Crippen LogP contribution in [0.1, 0.15) is 40.5 Å². The minimum atomic E-state index is -3.02. The summed E-state index contributed by atoms with van der Waals surface area (Å²) in [5, 5.41) is 3.58. The van der Waals surface area contributed by atoms with Crippen LogP contribution in [0.3, 0.4) is 0 Å². The lowest BCUT2D eigenvalue weighted by atomic mass is 10.0. The van der Waals surface area contributed by atoms with E-state index >= 15 is 0 Å². The van der Waals surface area contributed by atoms with E-state index < -0.39 is 14.6 Å². The van der Waals surface area contributed by atoms with Crippen LogP contribution in [0.15, 0.2) is 0 Å². The van der Waals surface area contributed by atoms with Crippen LogP contribution in [0, 0.1) is 5.92 Å². The molecule has 0 aromatic heterocycles. The van der Waals surface area contributed by atoms with Gasteiger partial charge in [-0.15, -0.1) is 0 Å². The standard InChI is InChI=1S/C14H30N2O2S/c1-12(2)9-13-10-16(8-6-7-15-13)11-14(3,4)19(5,17)18/h12-13,15H,6-11H2,1-5H3. The molecule has 0 radical (unpaired) electrons. The summed E-state index contributed by atoms with van der Waals surface area (Å²) in [6.07, 6.45) is 3.58. The Bertz CT molecular complexity index is 377. The molecule has 1 heterocycles. The SMILES string of the molecule is CC(C)CC1CN(CC(C)(C)S(C)(=O)=O)CCCN1. The van der Waals surface area contributed by atoms with Gasteiger partial charge in [0, 0.05) is 25.4 Å². The minimum Gasteiger partial charge on any atom is -0.313 e. The maximum Gasteiger partial charge on any atom is 0.153 e. The van der Waals surface area contributed by atoms with Gasteiger partial charge in [0.15, 0.2) is 9.84 Å². The van der Waals surface area contributed by atoms with Crippen LogP contribution in [-0.2, 0) is 9.84 Å². The summed E-state index contributed by atoms with van der Waals surface area (Å²) in [5.41, 5.74) is 0. The van der Waals surface area contributed by atoms with Crippen molar-refractivity contribution in [3.63, 3.8) is 0 Å². The molecule has 1 N–H and O–H groups in total. The summed E-state index contributed by atoms with van der Waals surface area (Å²) < 4.78 is 23.0. The van der Waals surface area contributed by atoms with Crippen molar-refractivity contribution in [3.8, 4) is 0 Å². The number of hydrogen-bond acceptors (Lipinski definition) is 4. The van der Waals surface area contributed by atoms with Crippen LogP contribution in [0.25, 0.3) is 0 Å². The zero-order valence-corrected chi connectivity index (χ0v) is 13.9. The summed E-state index contributed by atoms with van der Waals surface area (Å²) in [5.74, 6) is 0.667. The molecule has 5 heteroatoms. The number of nitrogens with one attached hydrogen (secondary N) is 1. The molecular weight excluding hydrogens is 260 g/mol. The Labute approximate surface area is 118 Å². The first-order valence-corrected chi connectivity index (χ1v) is 9.16. The van der Waals surface area contributed by atoms with E-state index in [1.54, 1.807) is 0 Å². The Morgan fingerprint density at radius 2 is 2.00 bits per heavy atom. The largest absolute Gasteiger partial charge is 0.313 e. The van der Waals surface area contributed by atoms with Gasteiger partial charge in [0.2, 0.25) is 0 Å². The third-order valence-corrected chi connectivity index (χ3v) is 6.06. The van der Waals surface area contributed by atoms with Crippen molar-refractivity contribution in [3.05, 3.63) is 0 Å². The number of rotatable bonds is 5. The number of nitrogens with zero attached hydrogens (tertiary/aromatic N) is 1. The smallest absolute Gasteiger partial charge is 0.153 e. The molecule has 0 aromatic carbocycles. The molecule has 0 saturated carbocycles. The molecule has 0 spiro atoms. The van der Waals surface area contributed by atoms with Gasteiger partial charge in [0.1, 0.15) is 0 Å². The maximum atomic E-state index is 11.8. The third kappa shape index (κ3) is 5.40. The van der Waals surface area contributed by atoms with E-state index in [-0.39, 0.29) is 0 Å². The molecule has 0 amide bonds. The molecule has 1 rings (SSSR count). The van der Waals surface area contributed by atoms with Gasteiger partial charge in [0.05, 0.1) is 4.75 Å². The molecule has 1 saturated heterocycles. The van der Waals surface area contributed by atoms with Gasteiger partial charge in [0.25, 0.3) is 0 Å². The average Bonchev–Trinajstić information content (AvgIpc) is 2.40. The van der Waals surface area contributed by atoms with Gasteiger partial charge in [-0.3, -0.25) is 0 Å². The Morgan fingerprint density at radius 3 is 2.53 bits per heavy atom. The van der Waals surface area contributed by atoms with Gasteiger partial charge in [-0.25, -0.2) is 8.42 Å². The Balaban J connectivity index is 2.66. The Hall–Kier alpha value is -0.130. The van der Waals surface area contributed by atoms with Crippen LogP contribution in [0.4, 0.5) is 0 Å². The van der Waals surface area contributed by atoms with E-state index in [9.17, 15) is 8.42 Å². The van der Waals surface area contributed by atoms with Crippen LogP contribution >= 0.6 is 0 Å². The lowest BCUT2D eigenvalue weighted by Gasteiger charge is -2.32. The highest BCUT2D eigenvalue weighted by Crippen LogP contribution is 2.19. The average molecular weight is 290 g/mol. The predicted octanol–water partition coefficient (Wildman–Crippen LogP) is 1.52. The number of hydrogen-bond donors (Lipinski definition) is 1. The first kappa shape index (κ1) is 16.9.